The van der Waals surface area contributed by atoms with E-state index in [4.69, 9.17) is 0 Å². The highest BCUT2D eigenvalue weighted by Gasteiger charge is 2.30. The van der Waals surface area contributed by atoms with E-state index in [1.165, 1.54) is 49.7 Å². The number of hydrogen-bond acceptors (Lipinski definition) is 0. The van der Waals surface area contributed by atoms with Crippen molar-refractivity contribution in [2.45, 2.75) is 39.5 Å². The fourth-order valence-electron chi connectivity index (χ4n) is 5.77. The first-order valence-electron chi connectivity index (χ1n) is 10.4. The molecule has 0 radical (unpaired) electrons. The molecule has 0 aliphatic heterocycles. The molecule has 0 saturated carbocycles. The van der Waals surface area contributed by atoms with Crippen LogP contribution < -0.4 is 0 Å². The van der Waals surface area contributed by atoms with Crippen molar-refractivity contribution in [3.63, 3.8) is 0 Å². The predicted molar refractivity (Wildman–Crippen MR) is 119 cm³/mol. The Labute approximate surface area is 166 Å². The second kappa shape index (κ2) is 5.58. The van der Waals surface area contributed by atoms with E-state index >= 15 is 0 Å². The van der Waals surface area contributed by atoms with E-state index in [0.29, 0.717) is 5.92 Å². The largest absolute Gasteiger partial charge is 0.0616 e. The molecular weight excluding hydrogens is 336 g/mol. The van der Waals surface area contributed by atoms with Gasteiger partial charge in [0.25, 0.3) is 0 Å². The molecule has 0 saturated heterocycles. The van der Waals surface area contributed by atoms with Gasteiger partial charge in [-0.15, -0.1) is 0 Å². The maximum atomic E-state index is 2.39. The van der Waals surface area contributed by atoms with Crippen LogP contribution in [0, 0.1) is 6.92 Å². The molecule has 4 aromatic rings. The molecule has 2 aliphatic rings. The zero-order valence-corrected chi connectivity index (χ0v) is 16.8. The zero-order valence-electron chi connectivity index (χ0n) is 16.8. The molecule has 6 rings (SSSR count). The van der Waals surface area contributed by atoms with Crippen LogP contribution in [0.2, 0.25) is 0 Å². The van der Waals surface area contributed by atoms with Crippen LogP contribution in [0.4, 0.5) is 0 Å². The van der Waals surface area contributed by atoms with Crippen molar-refractivity contribution in [2.24, 2.45) is 0 Å². The molecule has 136 valence electrons. The number of aryl methyl sites for hydroxylation is 1. The third kappa shape index (κ3) is 2.01. The Balaban J connectivity index is 1.64. The molecule has 0 bridgehead atoms. The SMILES string of the molecule is Cc1ccc2c(c1C(C)C)Cc1ccc3c(c1-2)Cc1ccc2ccccc2c1-3. The maximum Gasteiger partial charge on any atom is -0.000695 e. The number of rotatable bonds is 1. The van der Waals surface area contributed by atoms with Gasteiger partial charge in [-0.1, -0.05) is 74.5 Å². The topological polar surface area (TPSA) is 0 Å². The van der Waals surface area contributed by atoms with Gasteiger partial charge in [0.15, 0.2) is 0 Å². The highest BCUT2D eigenvalue weighted by Crippen LogP contribution is 2.50. The third-order valence-corrected chi connectivity index (χ3v) is 6.84. The monoisotopic (exact) mass is 360 g/mol. The lowest BCUT2D eigenvalue weighted by atomic mass is 9.89. The molecule has 0 nitrogen and oxygen atoms in total. The van der Waals surface area contributed by atoms with Gasteiger partial charge in [0, 0.05) is 0 Å². The van der Waals surface area contributed by atoms with Crippen molar-refractivity contribution >= 4 is 10.8 Å². The molecule has 0 heterocycles. The second-order valence-electron chi connectivity index (χ2n) is 8.78. The van der Waals surface area contributed by atoms with Crippen molar-refractivity contribution in [1.29, 1.82) is 0 Å². The molecular formula is C28H24. The van der Waals surface area contributed by atoms with E-state index in [9.17, 15) is 0 Å². The highest BCUT2D eigenvalue weighted by atomic mass is 14.3. The van der Waals surface area contributed by atoms with Crippen molar-refractivity contribution < 1.29 is 0 Å². The summed E-state index contributed by atoms with van der Waals surface area (Å²) in [6, 6.07) is 22.9. The van der Waals surface area contributed by atoms with Gasteiger partial charge < -0.3 is 0 Å². The Morgan fingerprint density at radius 2 is 1.36 bits per heavy atom. The van der Waals surface area contributed by atoms with E-state index in [0.717, 1.165) is 12.8 Å². The normalized spacial score (nSPS) is 13.6. The smallest absolute Gasteiger partial charge is 0.000695 e. The number of fused-ring (bicyclic) bond motifs is 9. The molecule has 0 N–H and O–H groups in total. The Morgan fingerprint density at radius 3 is 2.21 bits per heavy atom. The summed E-state index contributed by atoms with van der Waals surface area (Å²) in [6.07, 6.45) is 2.15. The minimum Gasteiger partial charge on any atom is -0.0616 e. The van der Waals surface area contributed by atoms with Crippen LogP contribution in [0.1, 0.15) is 53.1 Å². The fourth-order valence-corrected chi connectivity index (χ4v) is 5.77. The van der Waals surface area contributed by atoms with Crippen LogP contribution in [0.3, 0.4) is 0 Å². The quantitative estimate of drug-likeness (QED) is 0.286. The van der Waals surface area contributed by atoms with E-state index in [-0.39, 0.29) is 0 Å². The van der Waals surface area contributed by atoms with Crippen LogP contribution >= 0.6 is 0 Å². The van der Waals surface area contributed by atoms with Gasteiger partial charge >= 0.3 is 0 Å². The van der Waals surface area contributed by atoms with Gasteiger partial charge in [0.1, 0.15) is 0 Å². The molecule has 0 heteroatoms. The standard InChI is InChI=1S/C28H24/c1-16(2)26-17(3)8-12-22-24(26)14-20-11-13-23-25(28(20)22)15-19-10-9-18-6-4-5-7-21(18)27(19)23/h4-13,16H,14-15H2,1-3H3. The zero-order chi connectivity index (χ0) is 19.0. The first-order chi connectivity index (χ1) is 13.6. The predicted octanol–water partition coefficient (Wildman–Crippen LogP) is 7.41. The van der Waals surface area contributed by atoms with Crippen molar-refractivity contribution in [1.82, 2.24) is 0 Å². The number of benzene rings is 4. The second-order valence-corrected chi connectivity index (χ2v) is 8.78. The number of hydrogen-bond donors (Lipinski definition) is 0. The van der Waals surface area contributed by atoms with Crippen LogP contribution in [-0.4, -0.2) is 0 Å². The summed E-state index contributed by atoms with van der Waals surface area (Å²) in [7, 11) is 0. The molecule has 2 aliphatic carbocycles. The molecule has 0 amide bonds. The minimum atomic E-state index is 0.568. The average molecular weight is 361 g/mol. The summed E-state index contributed by atoms with van der Waals surface area (Å²) in [5.74, 6) is 0.568. The van der Waals surface area contributed by atoms with Gasteiger partial charge in [-0.25, -0.2) is 0 Å². The highest BCUT2D eigenvalue weighted by molar-refractivity contribution is 6.03. The summed E-state index contributed by atoms with van der Waals surface area (Å²) in [6.45, 7) is 6.93. The molecule has 0 fully saturated rings. The molecule has 0 atom stereocenters. The Bertz CT molecular complexity index is 1290. The minimum absolute atomic E-state index is 0.568. The van der Waals surface area contributed by atoms with E-state index in [1.807, 2.05) is 0 Å². The Hall–Kier alpha value is -2.86. The lowest BCUT2D eigenvalue weighted by Gasteiger charge is -2.16. The van der Waals surface area contributed by atoms with Gasteiger partial charge in [-0.05, 0) is 92.1 Å². The molecule has 0 spiro atoms. The summed E-state index contributed by atoms with van der Waals surface area (Å²) in [5, 5.41) is 2.73. The van der Waals surface area contributed by atoms with Gasteiger partial charge in [-0.2, -0.15) is 0 Å². The summed E-state index contributed by atoms with van der Waals surface area (Å²) in [5.41, 5.74) is 15.0. The van der Waals surface area contributed by atoms with E-state index in [1.54, 1.807) is 16.7 Å². The van der Waals surface area contributed by atoms with Gasteiger partial charge in [0.2, 0.25) is 0 Å². The van der Waals surface area contributed by atoms with Crippen LogP contribution in [0.25, 0.3) is 33.0 Å². The van der Waals surface area contributed by atoms with Crippen molar-refractivity contribution in [3.05, 3.63) is 94.0 Å². The molecule has 0 unspecified atom stereocenters. The summed E-state index contributed by atoms with van der Waals surface area (Å²) in [4.78, 5) is 0. The third-order valence-electron chi connectivity index (χ3n) is 6.84. The average Bonchev–Trinajstić information content (AvgIpc) is 3.25. The van der Waals surface area contributed by atoms with Gasteiger partial charge in [0.05, 0.1) is 0 Å². The fraction of sp³-hybridized carbons (Fsp3) is 0.214. The van der Waals surface area contributed by atoms with Crippen LogP contribution in [0.5, 0.6) is 0 Å². The Kier molecular flexibility index (Phi) is 3.21. The lowest BCUT2D eigenvalue weighted by Crippen LogP contribution is -1.98. The first kappa shape index (κ1) is 16.1. The van der Waals surface area contributed by atoms with Crippen LogP contribution in [-0.2, 0) is 12.8 Å². The van der Waals surface area contributed by atoms with E-state index in [2.05, 4.69) is 81.4 Å². The first-order valence-corrected chi connectivity index (χ1v) is 10.4. The van der Waals surface area contributed by atoms with Gasteiger partial charge in [-0.3, -0.25) is 0 Å². The van der Waals surface area contributed by atoms with E-state index < -0.39 is 0 Å². The van der Waals surface area contributed by atoms with Crippen molar-refractivity contribution in [2.75, 3.05) is 0 Å². The van der Waals surface area contributed by atoms with Crippen molar-refractivity contribution in [3.8, 4) is 22.3 Å². The Morgan fingerprint density at radius 1 is 0.679 bits per heavy atom. The summed E-state index contributed by atoms with van der Waals surface area (Å²) >= 11 is 0. The molecule has 0 aromatic heterocycles. The molecule has 28 heavy (non-hydrogen) atoms. The lowest BCUT2D eigenvalue weighted by molar-refractivity contribution is 0.842. The maximum absolute atomic E-state index is 2.39. The molecule has 4 aromatic carbocycles. The van der Waals surface area contributed by atoms with Crippen LogP contribution in [0.15, 0.2) is 60.7 Å². The summed E-state index contributed by atoms with van der Waals surface area (Å²) < 4.78 is 0.